The highest BCUT2D eigenvalue weighted by molar-refractivity contribution is 7.21. The molecule has 4 aromatic rings. The van der Waals surface area contributed by atoms with Crippen LogP contribution in [-0.2, 0) is 7.05 Å². The highest BCUT2D eigenvalue weighted by Gasteiger charge is 2.32. The lowest BCUT2D eigenvalue weighted by Gasteiger charge is -2.21. The molecule has 5 rings (SSSR count). The van der Waals surface area contributed by atoms with Gasteiger partial charge in [0.1, 0.15) is 11.5 Å². The zero-order valence-corrected chi connectivity index (χ0v) is 21.8. The largest absolute Gasteiger partial charge is 0.465 e. The van der Waals surface area contributed by atoms with E-state index in [9.17, 15) is 19.5 Å². The van der Waals surface area contributed by atoms with Crippen molar-refractivity contribution in [3.8, 4) is 11.5 Å². The maximum Gasteiger partial charge on any atom is 0.407 e. The number of hydrogen-bond donors (Lipinski definition) is 2. The lowest BCUT2D eigenvalue weighted by atomic mass is 10.1. The number of carboxylic acid groups (broad SMARTS) is 1. The van der Waals surface area contributed by atoms with Crippen molar-refractivity contribution in [2.24, 2.45) is 7.05 Å². The Balaban J connectivity index is 1.42. The number of rotatable bonds is 5. The van der Waals surface area contributed by atoms with Crippen LogP contribution < -0.4 is 10.1 Å². The molecule has 0 bridgehead atoms. The monoisotopic (exact) mass is 521 g/mol. The number of aromatic nitrogens is 2. The average molecular weight is 522 g/mol. The molecule has 1 unspecified atom stereocenters. The van der Waals surface area contributed by atoms with Gasteiger partial charge in [0.15, 0.2) is 0 Å². The van der Waals surface area contributed by atoms with Crippen molar-refractivity contribution in [2.75, 3.05) is 27.2 Å². The van der Waals surface area contributed by atoms with Crippen LogP contribution >= 0.6 is 11.3 Å². The van der Waals surface area contributed by atoms with E-state index in [0.29, 0.717) is 47.0 Å². The number of aryl methyl sites for hydroxylation is 1. The van der Waals surface area contributed by atoms with Crippen LogP contribution in [0.5, 0.6) is 11.5 Å². The Morgan fingerprint density at radius 1 is 1.24 bits per heavy atom. The number of benzene rings is 1. The van der Waals surface area contributed by atoms with Crippen LogP contribution in [0.2, 0.25) is 0 Å². The number of ether oxygens (including phenoxy) is 1. The summed E-state index contributed by atoms with van der Waals surface area (Å²) in [6, 6.07) is 8.89. The van der Waals surface area contributed by atoms with Crippen LogP contribution in [0.15, 0.2) is 36.5 Å². The lowest BCUT2D eigenvalue weighted by Crippen LogP contribution is -2.39. The predicted molar refractivity (Wildman–Crippen MR) is 141 cm³/mol. The summed E-state index contributed by atoms with van der Waals surface area (Å²) in [5.74, 6) is 0.903. The molecule has 3 amide bonds. The Labute approximate surface area is 217 Å². The van der Waals surface area contributed by atoms with Gasteiger partial charge in [-0.15, -0.1) is 11.3 Å². The molecule has 1 aromatic carbocycles. The van der Waals surface area contributed by atoms with E-state index in [2.05, 4.69) is 10.3 Å². The average Bonchev–Trinajstić information content (AvgIpc) is 3.61. The van der Waals surface area contributed by atoms with Gasteiger partial charge in [0.05, 0.1) is 32.2 Å². The van der Waals surface area contributed by atoms with Crippen molar-refractivity contribution in [3.63, 3.8) is 0 Å². The normalized spacial score (nSPS) is 15.4. The van der Waals surface area contributed by atoms with Crippen LogP contribution in [0.4, 0.5) is 4.79 Å². The minimum atomic E-state index is -0.999. The first kappa shape index (κ1) is 24.6. The molecule has 4 heterocycles. The summed E-state index contributed by atoms with van der Waals surface area (Å²) in [7, 11) is 5.05. The van der Waals surface area contributed by atoms with Crippen molar-refractivity contribution in [2.45, 2.75) is 19.4 Å². The third-order valence-corrected chi connectivity index (χ3v) is 8.16. The van der Waals surface area contributed by atoms with Crippen molar-refractivity contribution in [1.82, 2.24) is 24.7 Å². The van der Waals surface area contributed by atoms with Gasteiger partial charge in [0, 0.05) is 63.6 Å². The Bertz CT molecular complexity index is 1560. The maximum absolute atomic E-state index is 13.2. The van der Waals surface area contributed by atoms with Gasteiger partial charge < -0.3 is 29.5 Å². The van der Waals surface area contributed by atoms with Gasteiger partial charge in [-0.3, -0.25) is 14.6 Å². The number of carbonyl (C=O) groups excluding carboxylic acids is 2. The van der Waals surface area contributed by atoms with E-state index >= 15 is 0 Å². The maximum atomic E-state index is 13.2. The molecule has 1 aliphatic rings. The van der Waals surface area contributed by atoms with Crippen molar-refractivity contribution in [3.05, 3.63) is 52.7 Å². The molecule has 3 aromatic heterocycles. The van der Waals surface area contributed by atoms with Crippen LogP contribution in [0, 0.1) is 6.92 Å². The molecule has 1 aliphatic heterocycles. The molecule has 0 spiro atoms. The van der Waals surface area contributed by atoms with Gasteiger partial charge >= 0.3 is 6.09 Å². The first-order valence-electron chi connectivity index (χ1n) is 11.8. The summed E-state index contributed by atoms with van der Waals surface area (Å²) in [6.45, 7) is 2.77. The number of carbonyl (C=O) groups is 3. The molecule has 1 saturated heterocycles. The second kappa shape index (κ2) is 9.40. The number of fused-ring (bicyclic) bond motifs is 2. The molecule has 10 nitrogen and oxygen atoms in total. The Morgan fingerprint density at radius 2 is 2.03 bits per heavy atom. The van der Waals surface area contributed by atoms with E-state index < -0.39 is 6.09 Å². The first-order valence-corrected chi connectivity index (χ1v) is 12.6. The highest BCUT2D eigenvalue weighted by atomic mass is 32.1. The van der Waals surface area contributed by atoms with Gasteiger partial charge in [0.25, 0.3) is 11.8 Å². The van der Waals surface area contributed by atoms with Gasteiger partial charge in [0.2, 0.25) is 0 Å². The Kier molecular flexibility index (Phi) is 6.24. The Morgan fingerprint density at radius 3 is 2.76 bits per heavy atom. The fraction of sp³-hybridized carbons (Fsp3) is 0.308. The number of pyridine rings is 1. The van der Waals surface area contributed by atoms with Gasteiger partial charge in [-0.2, -0.15) is 0 Å². The SMILES string of the molecule is CNC(=O)c1c(C)n(C)c2cc(Oc3ccnc4cc(C(=O)N5CCC(N(C)C(=O)O)C5)sc34)ccc12. The van der Waals surface area contributed by atoms with Crippen molar-refractivity contribution >= 4 is 50.4 Å². The van der Waals surface area contributed by atoms with Gasteiger partial charge in [-0.25, -0.2) is 4.79 Å². The number of nitrogens with zero attached hydrogens (tertiary/aromatic N) is 4. The molecule has 0 radical (unpaired) electrons. The fourth-order valence-electron chi connectivity index (χ4n) is 4.80. The first-order chi connectivity index (χ1) is 17.7. The van der Waals surface area contributed by atoms with Crippen molar-refractivity contribution < 1.29 is 24.2 Å². The third-order valence-electron chi connectivity index (χ3n) is 7.03. The van der Waals surface area contributed by atoms with Crippen LogP contribution in [0.3, 0.4) is 0 Å². The number of amides is 3. The summed E-state index contributed by atoms with van der Waals surface area (Å²) in [5, 5.41) is 12.8. The second-order valence-electron chi connectivity index (χ2n) is 9.10. The molecule has 0 aliphatic carbocycles. The van der Waals surface area contributed by atoms with E-state index in [-0.39, 0.29) is 17.9 Å². The number of hydrogen-bond acceptors (Lipinski definition) is 6. The number of thiophene rings is 1. The topological polar surface area (TPSA) is 117 Å². The fourth-order valence-corrected chi connectivity index (χ4v) is 5.83. The quantitative estimate of drug-likeness (QED) is 0.409. The van der Waals surface area contributed by atoms with E-state index in [4.69, 9.17) is 4.74 Å². The van der Waals surface area contributed by atoms with E-state index in [0.717, 1.165) is 21.3 Å². The van der Waals surface area contributed by atoms with Gasteiger partial charge in [-0.05, 0) is 31.5 Å². The Hall–Kier alpha value is -4.12. The smallest absolute Gasteiger partial charge is 0.407 e. The second-order valence-corrected chi connectivity index (χ2v) is 10.2. The molecule has 0 saturated carbocycles. The van der Waals surface area contributed by atoms with Gasteiger partial charge in [-0.1, -0.05) is 0 Å². The zero-order chi connectivity index (χ0) is 26.4. The summed E-state index contributed by atoms with van der Waals surface area (Å²) >= 11 is 1.31. The van der Waals surface area contributed by atoms with Crippen LogP contribution in [0.25, 0.3) is 21.1 Å². The summed E-state index contributed by atoms with van der Waals surface area (Å²) < 4.78 is 8.95. The standard InChI is InChI=1S/C26H27N5O5S/c1-14-22(24(32)27-2)17-6-5-16(11-19(17)29(14)3)36-20-7-9-28-18-12-21(37-23(18)20)25(33)31-10-8-15(13-31)30(4)26(34)35/h5-7,9,11-12,15H,8,10,13H2,1-4H3,(H,27,32)(H,34,35). The minimum absolute atomic E-state index is 0.137. The number of likely N-dealkylation sites (N-methyl/N-ethyl adjacent to an activating group) is 1. The summed E-state index contributed by atoms with van der Waals surface area (Å²) in [5.41, 5.74) is 3.02. The van der Waals surface area contributed by atoms with Crippen molar-refractivity contribution in [1.29, 1.82) is 0 Å². The van der Waals surface area contributed by atoms with Crippen LogP contribution in [0.1, 0.15) is 32.1 Å². The van der Waals surface area contributed by atoms with Crippen LogP contribution in [-0.4, -0.2) is 75.6 Å². The summed E-state index contributed by atoms with van der Waals surface area (Å²) in [4.78, 5) is 44.7. The minimum Gasteiger partial charge on any atom is -0.465 e. The molecule has 37 heavy (non-hydrogen) atoms. The molecular weight excluding hydrogens is 494 g/mol. The highest BCUT2D eigenvalue weighted by Crippen LogP contribution is 2.37. The molecule has 11 heteroatoms. The predicted octanol–water partition coefficient (Wildman–Crippen LogP) is 4.07. The molecule has 1 fully saturated rings. The number of likely N-dealkylation sites (tertiary alicyclic amines) is 1. The van der Waals surface area contributed by atoms with E-state index in [1.807, 2.05) is 36.7 Å². The third kappa shape index (κ3) is 4.25. The molecule has 2 N–H and O–H groups in total. The zero-order valence-electron chi connectivity index (χ0n) is 20.9. The number of nitrogens with one attached hydrogen (secondary N) is 1. The molecule has 192 valence electrons. The van der Waals surface area contributed by atoms with E-state index in [1.54, 1.807) is 30.3 Å². The van der Waals surface area contributed by atoms with E-state index in [1.165, 1.54) is 23.3 Å². The lowest BCUT2D eigenvalue weighted by molar-refractivity contribution is 0.0781. The summed E-state index contributed by atoms with van der Waals surface area (Å²) in [6.07, 6.45) is 1.25. The molecular formula is C26H27N5O5S. The molecule has 1 atom stereocenters.